The summed E-state index contributed by atoms with van der Waals surface area (Å²) >= 11 is 0. The number of rotatable bonds is 3. The number of aromatic hydroxyl groups is 2. The molecule has 1 aromatic carbocycles. The Morgan fingerprint density at radius 1 is 1.17 bits per heavy atom. The summed E-state index contributed by atoms with van der Waals surface area (Å²) < 4.78 is 0. The largest absolute Gasteiger partial charge is 0.504 e. The van der Waals surface area contributed by atoms with E-state index >= 15 is 0 Å². The summed E-state index contributed by atoms with van der Waals surface area (Å²) in [5.41, 5.74) is 2.18. The van der Waals surface area contributed by atoms with E-state index in [-0.39, 0.29) is 11.5 Å². The van der Waals surface area contributed by atoms with Crippen LogP contribution in [-0.2, 0) is 12.8 Å². The summed E-state index contributed by atoms with van der Waals surface area (Å²) in [6.07, 6.45) is 11.3. The van der Waals surface area contributed by atoms with Crippen molar-refractivity contribution in [1.29, 1.82) is 0 Å². The van der Waals surface area contributed by atoms with Crippen LogP contribution in [0.4, 0.5) is 0 Å². The van der Waals surface area contributed by atoms with Crippen molar-refractivity contribution in [2.24, 2.45) is 11.8 Å². The fourth-order valence-electron chi connectivity index (χ4n) is 2.91. The third kappa shape index (κ3) is 6.57. The molecule has 0 heterocycles. The van der Waals surface area contributed by atoms with Crippen LogP contribution in [0, 0.1) is 24.2 Å². The molecule has 1 aliphatic carbocycles. The van der Waals surface area contributed by atoms with Gasteiger partial charge in [0.15, 0.2) is 11.5 Å². The van der Waals surface area contributed by atoms with Gasteiger partial charge in [0, 0.05) is 12.0 Å². The molecule has 0 saturated carbocycles. The minimum atomic E-state index is 0.0209. The number of benzene rings is 1. The molecule has 0 aromatic heterocycles. The number of phenolic OH excluding ortho intramolecular Hbond substituents is 2. The van der Waals surface area contributed by atoms with Gasteiger partial charge >= 0.3 is 0 Å². The fourth-order valence-corrected chi connectivity index (χ4v) is 2.91. The highest BCUT2D eigenvalue weighted by atomic mass is 16.3. The van der Waals surface area contributed by atoms with Crippen LogP contribution >= 0.6 is 0 Å². The Hall–Kier alpha value is -1.62. The van der Waals surface area contributed by atoms with Gasteiger partial charge in [-0.2, -0.15) is 0 Å². The van der Waals surface area contributed by atoms with Crippen LogP contribution in [0.2, 0.25) is 0 Å². The molecule has 1 aromatic rings. The highest BCUT2D eigenvalue weighted by molar-refractivity contribution is 5.50. The Kier molecular flexibility index (Phi) is 11.0. The van der Waals surface area contributed by atoms with Crippen LogP contribution in [0.3, 0.4) is 0 Å². The summed E-state index contributed by atoms with van der Waals surface area (Å²) in [6.45, 7) is 10.5. The highest BCUT2D eigenvalue weighted by Crippen LogP contribution is 2.40. The van der Waals surface area contributed by atoms with Gasteiger partial charge in [0.1, 0.15) is 0 Å². The van der Waals surface area contributed by atoms with E-state index in [1.165, 1.54) is 24.8 Å². The van der Waals surface area contributed by atoms with Crippen molar-refractivity contribution in [1.82, 2.24) is 0 Å². The molecule has 2 nitrogen and oxygen atoms in total. The molecule has 23 heavy (non-hydrogen) atoms. The van der Waals surface area contributed by atoms with Crippen molar-refractivity contribution < 1.29 is 10.2 Å². The van der Waals surface area contributed by atoms with Crippen LogP contribution in [0.5, 0.6) is 11.5 Å². The standard InChI is InChI=1S/C15H22O2.C4H6.C2H6/c1-3-4-5-11-9-13-12(8-10(11)2)6-7-14(16)15(13)17;1-3-4-2;1-2/h6-7,10-11,16-17H,3-5,8-9H2,1-2H3;1H,4H2,2H3;1-2H3/t10-,11-;;/m1../s1. The Bertz CT molecular complexity index is 485. The van der Waals surface area contributed by atoms with Crippen molar-refractivity contribution in [3.63, 3.8) is 0 Å². The second-order valence-electron chi connectivity index (χ2n) is 5.92. The number of fused-ring (bicyclic) bond motifs is 1. The summed E-state index contributed by atoms with van der Waals surface area (Å²) in [5, 5.41) is 19.5. The van der Waals surface area contributed by atoms with Crippen LogP contribution < -0.4 is 0 Å². The Labute approximate surface area is 142 Å². The smallest absolute Gasteiger partial charge is 0.160 e. The lowest BCUT2D eigenvalue weighted by Gasteiger charge is -2.31. The predicted molar refractivity (Wildman–Crippen MR) is 99.8 cm³/mol. The number of hydrogen-bond acceptors (Lipinski definition) is 2. The Morgan fingerprint density at radius 3 is 2.30 bits per heavy atom. The van der Waals surface area contributed by atoms with Crippen molar-refractivity contribution in [2.45, 2.75) is 73.1 Å². The third-order valence-corrected chi connectivity index (χ3v) is 4.30. The molecule has 0 spiro atoms. The number of phenols is 2. The van der Waals surface area contributed by atoms with Crippen molar-refractivity contribution in [2.75, 3.05) is 0 Å². The van der Waals surface area contributed by atoms with E-state index in [1.54, 1.807) is 6.07 Å². The van der Waals surface area contributed by atoms with Crippen molar-refractivity contribution >= 4 is 0 Å². The van der Waals surface area contributed by atoms with E-state index in [2.05, 4.69) is 19.8 Å². The second-order valence-corrected chi connectivity index (χ2v) is 5.92. The Balaban J connectivity index is 0.000000705. The quantitative estimate of drug-likeness (QED) is 0.555. The molecule has 2 atom stereocenters. The van der Waals surface area contributed by atoms with E-state index < -0.39 is 0 Å². The van der Waals surface area contributed by atoms with E-state index in [4.69, 9.17) is 6.42 Å². The van der Waals surface area contributed by atoms with Crippen LogP contribution in [0.25, 0.3) is 0 Å². The van der Waals surface area contributed by atoms with E-state index in [9.17, 15) is 10.2 Å². The summed E-state index contributed by atoms with van der Waals surface area (Å²) in [5.74, 6) is 3.89. The van der Waals surface area contributed by atoms with Crippen LogP contribution in [0.1, 0.15) is 71.4 Å². The SMILES string of the molecule is C#CCC.CC.CCCC[C@@H]1Cc2c(ccc(O)c2O)C[C@H]1C. The predicted octanol–water partition coefficient (Wildman–Crippen LogP) is 5.69. The molecule has 0 radical (unpaired) electrons. The third-order valence-electron chi connectivity index (χ3n) is 4.30. The van der Waals surface area contributed by atoms with Gasteiger partial charge in [0.25, 0.3) is 0 Å². The molecule has 0 amide bonds. The zero-order valence-electron chi connectivity index (χ0n) is 15.5. The number of unbranched alkanes of at least 4 members (excludes halogenated alkanes) is 1. The molecular weight excluding hydrogens is 284 g/mol. The van der Waals surface area contributed by atoms with Crippen LogP contribution in [0.15, 0.2) is 12.1 Å². The maximum absolute atomic E-state index is 9.92. The van der Waals surface area contributed by atoms with E-state index in [1.807, 2.05) is 26.8 Å². The molecular formula is C21H34O2. The first-order chi connectivity index (χ1) is 11.0. The van der Waals surface area contributed by atoms with Gasteiger partial charge in [0.2, 0.25) is 0 Å². The van der Waals surface area contributed by atoms with Crippen LogP contribution in [-0.4, -0.2) is 10.2 Å². The average Bonchev–Trinajstić information content (AvgIpc) is 2.59. The molecule has 0 unspecified atom stereocenters. The normalized spacial score (nSPS) is 18.4. The molecule has 0 aliphatic heterocycles. The Morgan fingerprint density at radius 2 is 1.78 bits per heavy atom. The van der Waals surface area contributed by atoms with E-state index in [0.717, 1.165) is 24.8 Å². The summed E-state index contributed by atoms with van der Waals surface area (Å²) in [7, 11) is 0. The lowest BCUT2D eigenvalue weighted by Crippen LogP contribution is -2.23. The molecule has 130 valence electrons. The first-order valence-corrected chi connectivity index (χ1v) is 9.01. The zero-order chi connectivity index (χ0) is 17.8. The van der Waals surface area contributed by atoms with Gasteiger partial charge in [-0.3, -0.25) is 0 Å². The molecule has 1 aliphatic rings. The van der Waals surface area contributed by atoms with Gasteiger partial charge in [-0.15, -0.1) is 12.3 Å². The highest BCUT2D eigenvalue weighted by Gasteiger charge is 2.27. The maximum atomic E-state index is 9.92. The molecule has 2 N–H and O–H groups in total. The molecule has 0 saturated heterocycles. The van der Waals surface area contributed by atoms with Gasteiger partial charge in [-0.05, 0) is 42.7 Å². The first-order valence-electron chi connectivity index (χ1n) is 9.01. The fraction of sp³-hybridized carbons (Fsp3) is 0.619. The molecule has 0 bridgehead atoms. The summed E-state index contributed by atoms with van der Waals surface area (Å²) in [4.78, 5) is 0. The summed E-state index contributed by atoms with van der Waals surface area (Å²) in [6, 6.07) is 3.56. The topological polar surface area (TPSA) is 40.5 Å². The maximum Gasteiger partial charge on any atom is 0.160 e. The lowest BCUT2D eigenvalue weighted by atomic mass is 9.74. The van der Waals surface area contributed by atoms with Crippen molar-refractivity contribution in [3.05, 3.63) is 23.3 Å². The molecule has 2 heteroatoms. The lowest BCUT2D eigenvalue weighted by molar-refractivity contribution is 0.297. The minimum Gasteiger partial charge on any atom is -0.504 e. The second kappa shape index (κ2) is 11.9. The number of terminal acetylenes is 1. The monoisotopic (exact) mass is 318 g/mol. The van der Waals surface area contributed by atoms with Crippen molar-refractivity contribution in [3.8, 4) is 23.8 Å². The van der Waals surface area contributed by atoms with Gasteiger partial charge in [0.05, 0.1) is 0 Å². The molecule has 2 rings (SSSR count). The zero-order valence-corrected chi connectivity index (χ0v) is 15.5. The minimum absolute atomic E-state index is 0.0209. The average molecular weight is 319 g/mol. The van der Waals surface area contributed by atoms with Gasteiger partial charge in [-0.25, -0.2) is 0 Å². The first kappa shape index (κ1) is 21.4. The van der Waals surface area contributed by atoms with Gasteiger partial charge in [-0.1, -0.05) is 53.5 Å². The van der Waals surface area contributed by atoms with E-state index in [0.29, 0.717) is 11.8 Å². The molecule has 0 fully saturated rings. The number of hydrogen-bond donors (Lipinski definition) is 2. The van der Waals surface area contributed by atoms with Gasteiger partial charge < -0.3 is 10.2 Å².